The number of aryl methyl sites for hydroxylation is 2. The number of imidazole rings is 1. The molecular weight excluding hydrogens is 214 g/mol. The Morgan fingerprint density at radius 3 is 2.82 bits per heavy atom. The summed E-state index contributed by atoms with van der Waals surface area (Å²) in [5.41, 5.74) is 10.2. The predicted molar refractivity (Wildman–Crippen MR) is 67.4 cm³/mol. The summed E-state index contributed by atoms with van der Waals surface area (Å²) in [4.78, 5) is 7.77. The highest BCUT2D eigenvalue weighted by Gasteiger charge is 2.11. The van der Waals surface area contributed by atoms with Crippen molar-refractivity contribution in [2.45, 2.75) is 6.92 Å². The Balaban J connectivity index is 2.25. The number of aromatic amines is 1. The van der Waals surface area contributed by atoms with Gasteiger partial charge in [-0.3, -0.25) is 4.68 Å². The average Bonchev–Trinajstić information content (AvgIpc) is 2.82. The van der Waals surface area contributed by atoms with Crippen molar-refractivity contribution in [3.63, 3.8) is 0 Å². The van der Waals surface area contributed by atoms with Gasteiger partial charge in [0.25, 0.3) is 0 Å². The van der Waals surface area contributed by atoms with E-state index in [1.165, 1.54) is 0 Å². The van der Waals surface area contributed by atoms with E-state index in [9.17, 15) is 0 Å². The fourth-order valence-electron chi connectivity index (χ4n) is 2.01. The van der Waals surface area contributed by atoms with Gasteiger partial charge in [-0.1, -0.05) is 6.07 Å². The number of nitrogen functional groups attached to an aromatic ring is 1. The SMILES string of the molecule is Cc1cc(-c2nc3c(N)cccc3[nH]2)n(C)n1. The van der Waals surface area contributed by atoms with Gasteiger partial charge in [-0.05, 0) is 25.1 Å². The van der Waals surface area contributed by atoms with E-state index in [0.717, 1.165) is 28.2 Å². The molecule has 2 heterocycles. The molecule has 0 aliphatic carbocycles. The maximum absolute atomic E-state index is 5.89. The zero-order valence-corrected chi connectivity index (χ0v) is 9.73. The van der Waals surface area contributed by atoms with Gasteiger partial charge in [0.2, 0.25) is 0 Å². The van der Waals surface area contributed by atoms with Crippen LogP contribution in [0.2, 0.25) is 0 Å². The van der Waals surface area contributed by atoms with Crippen molar-refractivity contribution < 1.29 is 0 Å². The van der Waals surface area contributed by atoms with Gasteiger partial charge in [0.15, 0.2) is 5.82 Å². The highest BCUT2D eigenvalue weighted by molar-refractivity contribution is 5.89. The van der Waals surface area contributed by atoms with Crippen LogP contribution in [0, 0.1) is 6.92 Å². The molecule has 0 aliphatic rings. The summed E-state index contributed by atoms with van der Waals surface area (Å²) in [7, 11) is 1.90. The lowest BCUT2D eigenvalue weighted by Gasteiger charge is -1.95. The summed E-state index contributed by atoms with van der Waals surface area (Å²) in [5.74, 6) is 0.793. The number of H-pyrrole nitrogens is 1. The van der Waals surface area contributed by atoms with Gasteiger partial charge in [-0.15, -0.1) is 0 Å². The molecule has 0 unspecified atom stereocenters. The van der Waals surface area contributed by atoms with E-state index in [-0.39, 0.29) is 0 Å². The minimum Gasteiger partial charge on any atom is -0.397 e. The standard InChI is InChI=1S/C12H13N5/c1-7-6-10(17(2)16-7)12-14-9-5-3-4-8(13)11(9)15-12/h3-6H,13H2,1-2H3,(H,14,15). The molecular formula is C12H13N5. The first kappa shape index (κ1) is 9.89. The first-order valence-corrected chi connectivity index (χ1v) is 5.40. The molecule has 0 aliphatic heterocycles. The van der Waals surface area contributed by atoms with Crippen molar-refractivity contribution in [3.05, 3.63) is 30.0 Å². The third-order valence-electron chi connectivity index (χ3n) is 2.79. The van der Waals surface area contributed by atoms with Crippen LogP contribution >= 0.6 is 0 Å². The van der Waals surface area contributed by atoms with Crippen LogP contribution in [0.5, 0.6) is 0 Å². The first-order valence-electron chi connectivity index (χ1n) is 5.40. The molecule has 5 nitrogen and oxygen atoms in total. The maximum atomic E-state index is 5.89. The molecule has 3 aromatic rings. The monoisotopic (exact) mass is 227 g/mol. The summed E-state index contributed by atoms with van der Waals surface area (Å²) in [6.07, 6.45) is 0. The molecule has 0 radical (unpaired) electrons. The van der Waals surface area contributed by atoms with Crippen molar-refractivity contribution in [3.8, 4) is 11.5 Å². The number of hydrogen-bond acceptors (Lipinski definition) is 3. The molecule has 0 fully saturated rings. The van der Waals surface area contributed by atoms with Gasteiger partial charge in [0, 0.05) is 7.05 Å². The van der Waals surface area contributed by atoms with Crippen molar-refractivity contribution >= 4 is 16.7 Å². The topological polar surface area (TPSA) is 72.5 Å². The van der Waals surface area contributed by atoms with E-state index in [4.69, 9.17) is 5.73 Å². The zero-order valence-electron chi connectivity index (χ0n) is 9.73. The minimum absolute atomic E-state index is 0.684. The van der Waals surface area contributed by atoms with Crippen molar-refractivity contribution in [1.82, 2.24) is 19.7 Å². The van der Waals surface area contributed by atoms with Gasteiger partial charge in [0.1, 0.15) is 11.2 Å². The summed E-state index contributed by atoms with van der Waals surface area (Å²) in [5, 5.41) is 4.31. The average molecular weight is 227 g/mol. The molecule has 0 spiro atoms. The molecule has 0 saturated carbocycles. The van der Waals surface area contributed by atoms with Crippen LogP contribution < -0.4 is 5.73 Å². The van der Waals surface area contributed by atoms with Crippen molar-refractivity contribution in [1.29, 1.82) is 0 Å². The lowest BCUT2D eigenvalue weighted by Crippen LogP contribution is -1.94. The van der Waals surface area contributed by atoms with E-state index in [0.29, 0.717) is 5.69 Å². The molecule has 2 aromatic heterocycles. The van der Waals surface area contributed by atoms with Crippen molar-refractivity contribution in [2.24, 2.45) is 7.05 Å². The summed E-state index contributed by atoms with van der Waals surface area (Å²) >= 11 is 0. The van der Waals surface area contributed by atoms with Crippen LogP contribution in [0.15, 0.2) is 24.3 Å². The number of aromatic nitrogens is 4. The van der Waals surface area contributed by atoms with Gasteiger partial charge in [-0.25, -0.2) is 4.98 Å². The quantitative estimate of drug-likeness (QED) is 0.623. The Kier molecular flexibility index (Phi) is 1.95. The largest absolute Gasteiger partial charge is 0.397 e. The number of rotatable bonds is 1. The van der Waals surface area contributed by atoms with Gasteiger partial charge < -0.3 is 10.7 Å². The normalized spacial score (nSPS) is 11.2. The Bertz CT molecular complexity index is 692. The van der Waals surface area contributed by atoms with E-state index in [1.807, 2.05) is 42.9 Å². The second kappa shape index (κ2) is 3.35. The first-order chi connectivity index (χ1) is 8.15. The maximum Gasteiger partial charge on any atom is 0.156 e. The smallest absolute Gasteiger partial charge is 0.156 e. The third-order valence-corrected chi connectivity index (χ3v) is 2.79. The van der Waals surface area contributed by atoms with E-state index in [1.54, 1.807) is 0 Å². The molecule has 0 bridgehead atoms. The summed E-state index contributed by atoms with van der Waals surface area (Å²) < 4.78 is 1.81. The van der Waals surface area contributed by atoms with Crippen LogP contribution in [0.25, 0.3) is 22.6 Å². The Morgan fingerprint density at radius 2 is 2.18 bits per heavy atom. The summed E-state index contributed by atoms with van der Waals surface area (Å²) in [6.45, 7) is 1.96. The molecule has 5 heteroatoms. The number of fused-ring (bicyclic) bond motifs is 1. The number of hydrogen-bond donors (Lipinski definition) is 2. The molecule has 3 rings (SSSR count). The van der Waals surface area contributed by atoms with Crippen LogP contribution in [0.3, 0.4) is 0 Å². The Labute approximate surface area is 98.3 Å². The molecule has 0 amide bonds. The fraction of sp³-hybridized carbons (Fsp3) is 0.167. The summed E-state index contributed by atoms with van der Waals surface area (Å²) in [6, 6.07) is 7.72. The van der Waals surface area contributed by atoms with Crippen LogP contribution in [0.4, 0.5) is 5.69 Å². The Morgan fingerprint density at radius 1 is 1.35 bits per heavy atom. The lowest BCUT2D eigenvalue weighted by molar-refractivity contribution is 0.760. The number of nitrogens with zero attached hydrogens (tertiary/aromatic N) is 3. The highest BCUT2D eigenvalue weighted by Crippen LogP contribution is 2.23. The molecule has 86 valence electrons. The van der Waals surface area contributed by atoms with E-state index in [2.05, 4.69) is 15.1 Å². The zero-order chi connectivity index (χ0) is 12.0. The molecule has 0 atom stereocenters. The minimum atomic E-state index is 0.684. The van der Waals surface area contributed by atoms with Gasteiger partial charge in [-0.2, -0.15) is 5.10 Å². The van der Waals surface area contributed by atoms with E-state index >= 15 is 0 Å². The van der Waals surface area contributed by atoms with Crippen molar-refractivity contribution in [2.75, 3.05) is 5.73 Å². The molecule has 17 heavy (non-hydrogen) atoms. The predicted octanol–water partition coefficient (Wildman–Crippen LogP) is 1.85. The highest BCUT2D eigenvalue weighted by atomic mass is 15.3. The second-order valence-electron chi connectivity index (χ2n) is 4.12. The van der Waals surface area contributed by atoms with E-state index < -0.39 is 0 Å². The van der Waals surface area contributed by atoms with Crippen LogP contribution in [-0.2, 0) is 7.05 Å². The lowest BCUT2D eigenvalue weighted by atomic mass is 10.3. The number of benzene rings is 1. The van der Waals surface area contributed by atoms with Gasteiger partial charge >= 0.3 is 0 Å². The fourth-order valence-corrected chi connectivity index (χ4v) is 2.01. The number of para-hydroxylation sites is 1. The van der Waals surface area contributed by atoms with Crippen LogP contribution in [-0.4, -0.2) is 19.7 Å². The molecule has 1 aromatic carbocycles. The third kappa shape index (κ3) is 1.47. The number of nitrogens with two attached hydrogens (primary N) is 1. The molecule has 0 saturated heterocycles. The second-order valence-corrected chi connectivity index (χ2v) is 4.12. The van der Waals surface area contributed by atoms with Gasteiger partial charge in [0.05, 0.1) is 16.9 Å². The Hall–Kier alpha value is -2.30. The van der Waals surface area contributed by atoms with Crippen LogP contribution in [0.1, 0.15) is 5.69 Å². The number of anilines is 1. The molecule has 3 N–H and O–H groups in total. The number of nitrogens with one attached hydrogen (secondary N) is 1.